The van der Waals surface area contributed by atoms with E-state index in [0.717, 1.165) is 65.1 Å². The molecule has 0 spiro atoms. The zero-order chi connectivity index (χ0) is 23.2. The van der Waals surface area contributed by atoms with Gasteiger partial charge in [0.2, 0.25) is 0 Å². The summed E-state index contributed by atoms with van der Waals surface area (Å²) in [7, 11) is 6.67. The van der Waals surface area contributed by atoms with Crippen molar-refractivity contribution in [2.24, 2.45) is 0 Å². The number of rotatable bonds is 9. The van der Waals surface area contributed by atoms with Gasteiger partial charge in [-0.3, -0.25) is 0 Å². The van der Waals surface area contributed by atoms with E-state index in [2.05, 4.69) is 22.3 Å². The maximum Gasteiger partial charge on any atom is 0.129 e. The Balaban J connectivity index is 1.71. The van der Waals surface area contributed by atoms with Crippen molar-refractivity contribution in [1.82, 2.24) is 10.3 Å². The highest BCUT2D eigenvalue weighted by molar-refractivity contribution is 5.50. The van der Waals surface area contributed by atoms with Crippen LogP contribution in [0.1, 0.15) is 22.4 Å². The van der Waals surface area contributed by atoms with Crippen LogP contribution in [0.15, 0.2) is 48.5 Å². The first-order valence-electron chi connectivity index (χ1n) is 11.0. The molecule has 0 fully saturated rings. The van der Waals surface area contributed by atoms with Crippen molar-refractivity contribution in [3.63, 3.8) is 0 Å². The summed E-state index contributed by atoms with van der Waals surface area (Å²) >= 11 is 0. The topological polar surface area (TPSA) is 65.1 Å². The molecule has 7 heteroatoms. The lowest BCUT2D eigenvalue weighted by Crippen LogP contribution is -2.28. The van der Waals surface area contributed by atoms with Crippen molar-refractivity contribution < 1.29 is 18.9 Å². The van der Waals surface area contributed by atoms with E-state index in [4.69, 9.17) is 23.9 Å². The third-order valence-corrected chi connectivity index (χ3v) is 5.95. The van der Waals surface area contributed by atoms with E-state index in [9.17, 15) is 0 Å². The average molecular weight is 450 g/mol. The monoisotopic (exact) mass is 449 g/mol. The van der Waals surface area contributed by atoms with Crippen molar-refractivity contribution in [2.75, 3.05) is 39.9 Å². The van der Waals surface area contributed by atoms with Crippen molar-refractivity contribution >= 4 is 5.82 Å². The molecular weight excluding hydrogens is 418 g/mol. The van der Waals surface area contributed by atoms with Crippen LogP contribution < -0.4 is 29.2 Å². The number of benzene rings is 2. The van der Waals surface area contributed by atoms with Crippen molar-refractivity contribution in [1.29, 1.82) is 0 Å². The van der Waals surface area contributed by atoms with E-state index < -0.39 is 0 Å². The zero-order valence-corrected chi connectivity index (χ0v) is 19.7. The minimum Gasteiger partial charge on any atom is -0.497 e. The van der Waals surface area contributed by atoms with E-state index in [-0.39, 0.29) is 0 Å². The Morgan fingerprint density at radius 1 is 0.788 bits per heavy atom. The number of ether oxygens (including phenoxy) is 4. The summed E-state index contributed by atoms with van der Waals surface area (Å²) < 4.78 is 22.1. The van der Waals surface area contributed by atoms with E-state index in [1.165, 1.54) is 5.56 Å². The quantitative estimate of drug-likeness (QED) is 0.530. The Morgan fingerprint density at radius 2 is 1.39 bits per heavy atom. The maximum atomic E-state index is 5.66. The Bertz CT molecular complexity index is 1050. The number of nitrogens with zero attached hydrogens (tertiary/aromatic N) is 2. The van der Waals surface area contributed by atoms with Crippen LogP contribution in [-0.4, -0.2) is 40.0 Å². The molecule has 7 nitrogen and oxygen atoms in total. The van der Waals surface area contributed by atoms with E-state index >= 15 is 0 Å². The van der Waals surface area contributed by atoms with E-state index in [0.29, 0.717) is 13.1 Å². The van der Waals surface area contributed by atoms with Gasteiger partial charge < -0.3 is 29.2 Å². The van der Waals surface area contributed by atoms with Gasteiger partial charge in [0.15, 0.2) is 0 Å². The number of hydrogen-bond acceptors (Lipinski definition) is 7. The first-order chi connectivity index (χ1) is 16.1. The molecule has 2 aromatic carbocycles. The molecule has 4 rings (SSSR count). The van der Waals surface area contributed by atoms with Crippen LogP contribution in [0, 0.1) is 0 Å². The minimum absolute atomic E-state index is 0.613. The Labute approximate surface area is 195 Å². The van der Waals surface area contributed by atoms with Gasteiger partial charge in [0, 0.05) is 42.9 Å². The normalized spacial score (nSPS) is 12.6. The molecule has 1 N–H and O–H groups in total. The van der Waals surface area contributed by atoms with Crippen LogP contribution in [0.3, 0.4) is 0 Å². The summed E-state index contributed by atoms with van der Waals surface area (Å²) in [5, 5.41) is 3.42. The van der Waals surface area contributed by atoms with Gasteiger partial charge in [-0.1, -0.05) is 6.07 Å². The first-order valence-corrected chi connectivity index (χ1v) is 11.0. The van der Waals surface area contributed by atoms with Gasteiger partial charge in [-0.05, 0) is 48.9 Å². The number of nitrogens with one attached hydrogen (secondary N) is 1. The van der Waals surface area contributed by atoms with Gasteiger partial charge in [-0.2, -0.15) is 0 Å². The molecule has 2 heterocycles. The number of aromatic nitrogens is 1. The molecule has 174 valence electrons. The highest BCUT2D eigenvalue weighted by Gasteiger charge is 2.18. The Kier molecular flexibility index (Phi) is 7.19. The number of fused-ring (bicyclic) bond motifs is 1. The van der Waals surface area contributed by atoms with Crippen LogP contribution >= 0.6 is 0 Å². The highest BCUT2D eigenvalue weighted by Crippen LogP contribution is 2.31. The van der Waals surface area contributed by atoms with E-state index in [1.807, 2.05) is 36.4 Å². The molecule has 1 aliphatic rings. The standard InChI is InChI=1S/C26H31N3O4/c1-30-21-8-5-19(24(13-21)32-3)16-29(17-20-6-9-22(31-2)14-25(20)33-4)26-10-7-18-11-12-27-15-23(18)28-26/h5-10,13-14,27H,11-12,15-17H2,1-4H3. The van der Waals surface area contributed by atoms with E-state index in [1.54, 1.807) is 28.4 Å². The molecule has 0 radical (unpaired) electrons. The summed E-state index contributed by atoms with van der Waals surface area (Å²) in [5.41, 5.74) is 4.50. The first kappa shape index (κ1) is 22.7. The molecule has 3 aromatic rings. The smallest absolute Gasteiger partial charge is 0.129 e. The molecule has 0 unspecified atom stereocenters. The maximum absolute atomic E-state index is 5.66. The fraction of sp³-hybridized carbons (Fsp3) is 0.346. The van der Waals surface area contributed by atoms with Gasteiger partial charge in [0.05, 0.1) is 34.1 Å². The van der Waals surface area contributed by atoms with Crippen molar-refractivity contribution in [2.45, 2.75) is 26.1 Å². The number of pyridine rings is 1. The highest BCUT2D eigenvalue weighted by atomic mass is 16.5. The lowest BCUT2D eigenvalue weighted by molar-refractivity contribution is 0.389. The summed E-state index contributed by atoms with van der Waals surface area (Å²) in [6.07, 6.45) is 1.00. The van der Waals surface area contributed by atoms with Gasteiger partial charge in [0.25, 0.3) is 0 Å². The Hall–Kier alpha value is -3.45. The number of hydrogen-bond donors (Lipinski definition) is 1. The van der Waals surface area contributed by atoms with Crippen LogP contribution in [0.5, 0.6) is 23.0 Å². The van der Waals surface area contributed by atoms with Crippen LogP contribution in [0.25, 0.3) is 0 Å². The Morgan fingerprint density at radius 3 is 1.94 bits per heavy atom. The molecule has 33 heavy (non-hydrogen) atoms. The fourth-order valence-electron chi connectivity index (χ4n) is 4.10. The second kappa shape index (κ2) is 10.4. The predicted molar refractivity (Wildman–Crippen MR) is 129 cm³/mol. The minimum atomic E-state index is 0.613. The van der Waals surface area contributed by atoms with Crippen LogP contribution in [0.4, 0.5) is 5.82 Å². The van der Waals surface area contributed by atoms with Gasteiger partial charge >= 0.3 is 0 Å². The second-order valence-corrected chi connectivity index (χ2v) is 7.91. The molecule has 0 saturated heterocycles. The average Bonchev–Trinajstić information content (AvgIpc) is 2.88. The van der Waals surface area contributed by atoms with Crippen molar-refractivity contribution in [3.05, 3.63) is 70.9 Å². The van der Waals surface area contributed by atoms with Crippen molar-refractivity contribution in [3.8, 4) is 23.0 Å². The number of anilines is 1. The summed E-state index contributed by atoms with van der Waals surface area (Å²) in [6, 6.07) is 16.1. The van der Waals surface area contributed by atoms with Crippen LogP contribution in [-0.2, 0) is 26.1 Å². The lowest BCUT2D eigenvalue weighted by atomic mass is 10.1. The molecule has 0 bridgehead atoms. The number of methoxy groups -OCH3 is 4. The predicted octanol–water partition coefficient (Wildman–Crippen LogP) is 3.97. The summed E-state index contributed by atoms with van der Waals surface area (Å²) in [4.78, 5) is 7.26. The molecule has 0 amide bonds. The second-order valence-electron chi connectivity index (χ2n) is 7.91. The SMILES string of the molecule is COc1ccc(CN(Cc2ccc(OC)cc2OC)c2ccc3c(n2)CNCC3)c(OC)c1. The van der Waals surface area contributed by atoms with Gasteiger partial charge in [-0.15, -0.1) is 0 Å². The molecule has 0 saturated carbocycles. The molecular formula is C26H31N3O4. The largest absolute Gasteiger partial charge is 0.497 e. The third kappa shape index (κ3) is 5.14. The molecule has 0 atom stereocenters. The molecule has 0 aliphatic carbocycles. The summed E-state index contributed by atoms with van der Waals surface area (Å²) in [5.74, 6) is 3.99. The van der Waals surface area contributed by atoms with Gasteiger partial charge in [0.1, 0.15) is 28.8 Å². The summed E-state index contributed by atoms with van der Waals surface area (Å²) in [6.45, 7) is 3.00. The van der Waals surface area contributed by atoms with Crippen LogP contribution in [0.2, 0.25) is 0 Å². The third-order valence-electron chi connectivity index (χ3n) is 5.95. The molecule has 1 aromatic heterocycles. The molecule has 1 aliphatic heterocycles. The van der Waals surface area contributed by atoms with Gasteiger partial charge in [-0.25, -0.2) is 4.98 Å². The zero-order valence-electron chi connectivity index (χ0n) is 19.7. The lowest BCUT2D eigenvalue weighted by Gasteiger charge is -2.27. The fourth-order valence-corrected chi connectivity index (χ4v) is 4.10.